The van der Waals surface area contributed by atoms with Gasteiger partial charge in [0, 0.05) is 30.8 Å². The molecule has 2 unspecified atom stereocenters. The maximum atomic E-state index is 14.3. The average Bonchev–Trinajstić information content (AvgIpc) is 4.04. The molecule has 18 heteroatoms. The molecule has 1 saturated carbocycles. The highest BCUT2D eigenvalue weighted by molar-refractivity contribution is 7.88. The first-order valence-corrected chi connectivity index (χ1v) is 22.1. The van der Waals surface area contributed by atoms with Gasteiger partial charge in [0.25, 0.3) is 0 Å². The number of aromatic nitrogens is 1. The monoisotopic (exact) mass is 888 g/mol. The van der Waals surface area contributed by atoms with Crippen LogP contribution in [0.3, 0.4) is 0 Å². The summed E-state index contributed by atoms with van der Waals surface area (Å²) >= 11 is 12.9. The van der Waals surface area contributed by atoms with Crippen LogP contribution in [0, 0.1) is 17.0 Å². The fraction of sp³-hybridized carbons (Fsp3) is 0.405. The van der Waals surface area contributed by atoms with E-state index in [0.29, 0.717) is 28.0 Å². The minimum Gasteiger partial charge on any atom is -0.619 e. The summed E-state index contributed by atoms with van der Waals surface area (Å²) in [5.74, 6) is -1.10. The smallest absolute Gasteiger partial charge is 0.387 e. The van der Waals surface area contributed by atoms with E-state index in [9.17, 15) is 32.0 Å². The topological polar surface area (TPSA) is 159 Å². The molecule has 4 aromatic rings. The number of alkyl halides is 2. The average molecular weight is 890 g/mol. The number of rotatable bonds is 18. The lowest BCUT2D eigenvalue weighted by atomic mass is 9.86. The van der Waals surface area contributed by atoms with Gasteiger partial charge in [-0.05, 0) is 97.6 Å². The van der Waals surface area contributed by atoms with Crippen LogP contribution in [0.1, 0.15) is 70.4 Å². The summed E-state index contributed by atoms with van der Waals surface area (Å²) in [4.78, 5) is 30.6. The van der Waals surface area contributed by atoms with E-state index in [1.54, 1.807) is 30.3 Å². The highest BCUT2D eigenvalue weighted by Crippen LogP contribution is 2.39. The van der Waals surface area contributed by atoms with Crippen molar-refractivity contribution in [1.82, 2.24) is 9.62 Å². The van der Waals surface area contributed by atoms with Crippen molar-refractivity contribution in [1.29, 1.82) is 0 Å². The van der Waals surface area contributed by atoms with Gasteiger partial charge in [0.15, 0.2) is 29.9 Å². The maximum Gasteiger partial charge on any atom is 0.387 e. The Morgan fingerprint density at radius 3 is 2.30 bits per heavy atom. The lowest BCUT2D eigenvalue weighted by molar-refractivity contribution is -0.605. The first-order valence-electron chi connectivity index (χ1n) is 19.5. The van der Waals surface area contributed by atoms with Gasteiger partial charge in [-0.3, -0.25) is 4.90 Å². The van der Waals surface area contributed by atoms with E-state index in [4.69, 9.17) is 42.1 Å². The number of halogens is 4. The summed E-state index contributed by atoms with van der Waals surface area (Å²) in [5, 5.41) is 15.3. The van der Waals surface area contributed by atoms with E-state index in [-0.39, 0.29) is 75.9 Å². The number of nitrogens with zero attached hydrogens (tertiary/aromatic N) is 2. The van der Waals surface area contributed by atoms with Crippen LogP contribution in [0.5, 0.6) is 11.5 Å². The van der Waals surface area contributed by atoms with Crippen LogP contribution in [0.15, 0.2) is 79.1 Å². The number of pyridine rings is 1. The Hall–Kier alpha value is -4.74. The molecule has 60 heavy (non-hydrogen) atoms. The molecule has 0 radical (unpaired) electrons. The summed E-state index contributed by atoms with van der Waals surface area (Å²) in [6.07, 6.45) is 5.28. The van der Waals surface area contributed by atoms with E-state index in [1.165, 1.54) is 30.3 Å². The molecule has 4 aliphatic rings. The molecule has 1 aliphatic carbocycles. The van der Waals surface area contributed by atoms with E-state index in [0.717, 1.165) is 57.4 Å². The van der Waals surface area contributed by atoms with Crippen molar-refractivity contribution in [2.45, 2.75) is 63.5 Å². The second kappa shape index (κ2) is 18.9. The van der Waals surface area contributed by atoms with E-state index in [2.05, 4.69) is 14.9 Å². The molecular formula is C42H44Cl2F2N4O9S. The Morgan fingerprint density at radius 2 is 1.67 bits per heavy atom. The number of ether oxygens (including phenoxy) is 4. The SMILES string of the molecule is CS(=O)(=O)NCc1cc(NC(C(=O)O[C@H]2CN3CCC2CC3)c2ccccc2)cc(C(=O)OC(Cc2c(Cl)c[n+]([O-])cc2Cl)c2ccc(OC(F)F)c(OCC3CC3)c2)c1. The van der Waals surface area contributed by atoms with Crippen LogP contribution in [0.2, 0.25) is 10.0 Å². The third-order valence-electron chi connectivity index (χ3n) is 10.7. The van der Waals surface area contributed by atoms with Gasteiger partial charge in [0.05, 0.1) is 18.4 Å². The predicted molar refractivity (Wildman–Crippen MR) is 219 cm³/mol. The highest BCUT2D eigenvalue weighted by Gasteiger charge is 2.38. The molecule has 13 nitrogen and oxygen atoms in total. The van der Waals surface area contributed by atoms with Crippen LogP contribution in [0.25, 0.3) is 0 Å². The number of anilines is 1. The van der Waals surface area contributed by atoms with Gasteiger partial charge < -0.3 is 29.5 Å². The number of carbonyl (C=O) groups is 2. The Bertz CT molecular complexity index is 2280. The quantitative estimate of drug-likeness (QED) is 0.0602. The van der Waals surface area contributed by atoms with Crippen molar-refractivity contribution in [2.75, 3.05) is 37.8 Å². The van der Waals surface area contributed by atoms with Crippen molar-refractivity contribution < 1.29 is 50.5 Å². The summed E-state index contributed by atoms with van der Waals surface area (Å²) < 4.78 is 76.9. The Morgan fingerprint density at radius 1 is 0.950 bits per heavy atom. The predicted octanol–water partition coefficient (Wildman–Crippen LogP) is 7.00. The number of fused-ring (bicyclic) bond motifs is 3. The van der Waals surface area contributed by atoms with Crippen LogP contribution in [0.4, 0.5) is 14.5 Å². The van der Waals surface area contributed by atoms with E-state index in [1.807, 2.05) is 6.07 Å². The first kappa shape index (κ1) is 43.4. The zero-order chi connectivity index (χ0) is 42.6. The number of benzene rings is 3. The molecule has 3 aliphatic heterocycles. The van der Waals surface area contributed by atoms with Gasteiger partial charge in [-0.15, -0.1) is 0 Å². The number of hydrogen-bond donors (Lipinski definition) is 2. The molecule has 2 bridgehead atoms. The molecule has 2 N–H and O–H groups in total. The first-order chi connectivity index (χ1) is 28.7. The number of hydrogen-bond acceptors (Lipinski definition) is 11. The fourth-order valence-corrected chi connectivity index (χ4v) is 8.45. The normalized spacial score (nSPS) is 19.7. The summed E-state index contributed by atoms with van der Waals surface area (Å²) in [5.41, 5.74) is 1.77. The molecule has 0 spiro atoms. The van der Waals surface area contributed by atoms with Crippen molar-refractivity contribution in [3.05, 3.63) is 122 Å². The second-order valence-electron chi connectivity index (χ2n) is 15.3. The third-order valence-corrected chi connectivity index (χ3v) is 12.1. The molecule has 320 valence electrons. The molecule has 3 saturated heterocycles. The zero-order valence-electron chi connectivity index (χ0n) is 32.5. The molecule has 0 amide bonds. The highest BCUT2D eigenvalue weighted by atomic mass is 35.5. The lowest BCUT2D eigenvalue weighted by Gasteiger charge is -2.44. The molecule has 3 aromatic carbocycles. The molecule has 4 heterocycles. The van der Waals surface area contributed by atoms with Gasteiger partial charge in [-0.25, -0.2) is 22.7 Å². The number of piperidine rings is 3. The van der Waals surface area contributed by atoms with E-state index >= 15 is 0 Å². The van der Waals surface area contributed by atoms with Crippen LogP contribution >= 0.6 is 23.2 Å². The summed E-state index contributed by atoms with van der Waals surface area (Å²) in [6, 6.07) is 16.6. The molecule has 4 fully saturated rings. The van der Waals surface area contributed by atoms with Crippen LogP contribution < -0.4 is 24.2 Å². The Balaban J connectivity index is 1.22. The Kier molecular flexibility index (Phi) is 13.7. The number of nitrogens with one attached hydrogen (secondary N) is 2. The van der Waals surface area contributed by atoms with Crippen molar-refractivity contribution in [3.63, 3.8) is 0 Å². The van der Waals surface area contributed by atoms with E-state index < -0.39 is 40.7 Å². The number of esters is 2. The van der Waals surface area contributed by atoms with Crippen LogP contribution in [-0.4, -0.2) is 70.5 Å². The number of carbonyl (C=O) groups excluding carboxylic acids is 2. The molecular weight excluding hydrogens is 845 g/mol. The minimum absolute atomic E-state index is 0.000760. The Labute approximate surface area is 356 Å². The summed E-state index contributed by atoms with van der Waals surface area (Å²) in [7, 11) is -3.67. The molecule has 8 rings (SSSR count). The molecule has 3 atom stereocenters. The maximum absolute atomic E-state index is 14.3. The van der Waals surface area contributed by atoms with Gasteiger partial charge in [-0.2, -0.15) is 13.5 Å². The second-order valence-corrected chi connectivity index (χ2v) is 18.0. The largest absolute Gasteiger partial charge is 0.619 e. The van der Waals surface area contributed by atoms with Gasteiger partial charge in [0.2, 0.25) is 10.0 Å². The van der Waals surface area contributed by atoms with Gasteiger partial charge >= 0.3 is 18.6 Å². The molecule has 1 aromatic heterocycles. The third kappa shape index (κ3) is 11.5. The van der Waals surface area contributed by atoms with Crippen molar-refractivity contribution in [2.24, 2.45) is 11.8 Å². The standard InChI is InChI=1S/C42H44Cl2F2N4O9S/c1-60(54,55)47-20-26-15-30(17-31(16-26)48-39(28-5-3-2-4-6-28)41(52)58-38-23-49-13-11-27(38)12-14-49)40(51)57-36(19-32-33(43)21-50(53)22-34(32)44)29-9-10-35(59-42(45)46)37(18-29)56-24-25-7-8-25/h2-6,9-10,15-18,21-22,25,27,36,38-39,42,47-48H,7-8,11-14,19-20,23-24H2,1H3/t36?,38-,39?/m0/s1. The number of sulfonamides is 1. The van der Waals surface area contributed by atoms with Crippen LogP contribution in [-0.2, 0) is 37.3 Å². The van der Waals surface area contributed by atoms with Crippen molar-refractivity contribution >= 4 is 50.9 Å². The minimum atomic E-state index is -3.67. The fourth-order valence-electron chi connectivity index (χ4n) is 7.42. The van der Waals surface area contributed by atoms with Gasteiger partial charge in [0.1, 0.15) is 22.3 Å². The zero-order valence-corrected chi connectivity index (χ0v) is 34.9. The van der Waals surface area contributed by atoms with Crippen molar-refractivity contribution in [3.8, 4) is 11.5 Å². The summed E-state index contributed by atoms with van der Waals surface area (Å²) in [6.45, 7) is -0.512. The van der Waals surface area contributed by atoms with Gasteiger partial charge in [-0.1, -0.05) is 59.6 Å². The lowest BCUT2D eigenvalue weighted by Crippen LogP contribution is -2.52.